The Labute approximate surface area is 170 Å². The van der Waals surface area contributed by atoms with Crippen LogP contribution < -0.4 is 5.32 Å². The van der Waals surface area contributed by atoms with E-state index in [0.717, 1.165) is 23.3 Å². The zero-order valence-electron chi connectivity index (χ0n) is 16.7. The molecule has 1 aliphatic heterocycles. The molecular formula is C23H28N2O2S. The normalized spacial score (nSPS) is 30.0. The number of hydrogen-bond donors (Lipinski definition) is 1. The van der Waals surface area contributed by atoms with Crippen LogP contribution in [-0.2, 0) is 4.79 Å². The number of amides is 2. The van der Waals surface area contributed by atoms with Crippen molar-refractivity contribution in [2.45, 2.75) is 51.1 Å². The maximum Gasteiger partial charge on any atom is 0.254 e. The third kappa shape index (κ3) is 3.26. The van der Waals surface area contributed by atoms with E-state index in [1.54, 1.807) is 16.2 Å². The molecular weight excluding hydrogens is 368 g/mol. The molecule has 0 bridgehead atoms. The third-order valence-corrected chi connectivity index (χ3v) is 7.67. The highest BCUT2D eigenvalue weighted by molar-refractivity contribution is 7.10. The highest BCUT2D eigenvalue weighted by atomic mass is 32.1. The van der Waals surface area contributed by atoms with E-state index in [4.69, 9.17) is 0 Å². The van der Waals surface area contributed by atoms with Crippen molar-refractivity contribution in [3.05, 3.63) is 57.8 Å². The number of benzene rings is 1. The Balaban J connectivity index is 1.71. The predicted octanol–water partition coefficient (Wildman–Crippen LogP) is 4.60. The van der Waals surface area contributed by atoms with Crippen LogP contribution in [0.15, 0.2) is 41.8 Å². The summed E-state index contributed by atoms with van der Waals surface area (Å²) in [6, 6.07) is 11.5. The van der Waals surface area contributed by atoms with Crippen LogP contribution in [0.25, 0.3) is 0 Å². The first-order valence-electron chi connectivity index (χ1n) is 10.2. The number of carbonyl (C=O) groups is 2. The van der Waals surface area contributed by atoms with E-state index in [-0.39, 0.29) is 29.8 Å². The molecule has 148 valence electrons. The Morgan fingerprint density at radius 1 is 1.14 bits per heavy atom. The number of fused-ring (bicyclic) bond motifs is 1. The molecule has 28 heavy (non-hydrogen) atoms. The Bertz CT molecular complexity index is 863. The molecule has 1 N–H and O–H groups in total. The van der Waals surface area contributed by atoms with Gasteiger partial charge in [0.15, 0.2) is 0 Å². The number of hydrogen-bond acceptors (Lipinski definition) is 3. The van der Waals surface area contributed by atoms with Crippen molar-refractivity contribution < 1.29 is 9.59 Å². The minimum atomic E-state index is -0.387. The van der Waals surface area contributed by atoms with Gasteiger partial charge in [0, 0.05) is 23.5 Å². The lowest BCUT2D eigenvalue weighted by molar-refractivity contribution is -0.125. The summed E-state index contributed by atoms with van der Waals surface area (Å²) in [5, 5.41) is 5.37. The molecule has 2 amide bonds. The van der Waals surface area contributed by atoms with Gasteiger partial charge < -0.3 is 10.2 Å². The van der Waals surface area contributed by atoms with Gasteiger partial charge in [0.05, 0.1) is 12.0 Å². The second kappa shape index (κ2) is 7.70. The molecule has 0 saturated heterocycles. The lowest BCUT2D eigenvalue weighted by Crippen LogP contribution is -2.50. The fourth-order valence-electron chi connectivity index (χ4n) is 4.83. The van der Waals surface area contributed by atoms with Crippen LogP contribution in [-0.4, -0.2) is 29.8 Å². The summed E-state index contributed by atoms with van der Waals surface area (Å²) in [6.07, 6.45) is 3.42. The maximum atomic E-state index is 13.6. The van der Waals surface area contributed by atoms with E-state index < -0.39 is 0 Å². The molecule has 0 spiro atoms. The standard InChI is InChI=1S/C23H28N2O2S/c1-14-8-6-11-18(15(14)2)24-22(26)20-16-9-4-5-10-17(16)23(27)25(3)21(20)19-12-7-13-28-19/h4-5,7,9-10,12-15,18,20-21H,6,8,11H2,1-3H3,(H,24,26)/t14-,15-,18+,20-,21+/m1/s1. The number of thiophene rings is 1. The molecule has 1 fully saturated rings. The van der Waals surface area contributed by atoms with Crippen LogP contribution in [0, 0.1) is 11.8 Å². The molecule has 4 nitrogen and oxygen atoms in total. The molecule has 5 heteroatoms. The number of nitrogens with one attached hydrogen (secondary N) is 1. The molecule has 1 aromatic carbocycles. The van der Waals surface area contributed by atoms with Crippen molar-refractivity contribution >= 4 is 23.2 Å². The van der Waals surface area contributed by atoms with Crippen LogP contribution in [0.4, 0.5) is 0 Å². The molecule has 2 aliphatic rings. The quantitative estimate of drug-likeness (QED) is 0.824. The summed E-state index contributed by atoms with van der Waals surface area (Å²) in [6.45, 7) is 4.52. The number of rotatable bonds is 3. The Morgan fingerprint density at radius 2 is 1.93 bits per heavy atom. The minimum Gasteiger partial charge on any atom is -0.352 e. The Hall–Kier alpha value is -2.14. The van der Waals surface area contributed by atoms with Crippen LogP contribution >= 0.6 is 11.3 Å². The lowest BCUT2D eigenvalue weighted by Gasteiger charge is -2.41. The molecule has 2 heterocycles. The molecule has 1 aromatic heterocycles. The summed E-state index contributed by atoms with van der Waals surface area (Å²) < 4.78 is 0. The van der Waals surface area contributed by atoms with E-state index >= 15 is 0 Å². The first-order chi connectivity index (χ1) is 13.5. The number of likely N-dealkylation sites (N-methyl/N-ethyl adjacent to an activating group) is 1. The van der Waals surface area contributed by atoms with Gasteiger partial charge in [-0.2, -0.15) is 0 Å². The number of carbonyl (C=O) groups excluding carboxylic acids is 2. The molecule has 5 atom stereocenters. The third-order valence-electron chi connectivity index (χ3n) is 6.73. The summed E-state index contributed by atoms with van der Waals surface area (Å²) in [5.74, 6) is 0.724. The molecule has 2 aromatic rings. The van der Waals surface area contributed by atoms with Gasteiger partial charge in [-0.3, -0.25) is 9.59 Å². The van der Waals surface area contributed by atoms with Crippen molar-refractivity contribution in [3.8, 4) is 0 Å². The Morgan fingerprint density at radius 3 is 2.68 bits per heavy atom. The predicted molar refractivity (Wildman–Crippen MR) is 112 cm³/mol. The summed E-state index contributed by atoms with van der Waals surface area (Å²) in [4.78, 5) is 29.4. The second-order valence-corrected chi connectivity index (χ2v) is 9.30. The molecule has 0 radical (unpaired) electrons. The summed E-state index contributed by atoms with van der Waals surface area (Å²) in [5.41, 5.74) is 1.49. The number of nitrogens with zero attached hydrogens (tertiary/aromatic N) is 1. The Kier molecular flexibility index (Phi) is 5.28. The second-order valence-electron chi connectivity index (χ2n) is 8.32. The fourth-order valence-corrected chi connectivity index (χ4v) is 5.74. The molecule has 4 rings (SSSR count). The van der Waals surface area contributed by atoms with E-state index in [2.05, 4.69) is 19.2 Å². The van der Waals surface area contributed by atoms with Gasteiger partial charge in [-0.05, 0) is 41.3 Å². The summed E-state index contributed by atoms with van der Waals surface area (Å²) in [7, 11) is 1.81. The van der Waals surface area contributed by atoms with E-state index in [1.807, 2.05) is 48.8 Å². The van der Waals surface area contributed by atoms with Gasteiger partial charge >= 0.3 is 0 Å². The van der Waals surface area contributed by atoms with Crippen molar-refractivity contribution in [1.29, 1.82) is 0 Å². The van der Waals surface area contributed by atoms with Crippen LogP contribution in [0.2, 0.25) is 0 Å². The minimum absolute atomic E-state index is 0.0160. The first kappa shape index (κ1) is 19.2. The average Bonchev–Trinajstić information content (AvgIpc) is 3.22. The lowest BCUT2D eigenvalue weighted by atomic mass is 9.77. The zero-order chi connectivity index (χ0) is 19.8. The fraction of sp³-hybridized carbons (Fsp3) is 0.478. The monoisotopic (exact) mass is 396 g/mol. The molecule has 1 aliphatic carbocycles. The van der Waals surface area contributed by atoms with Crippen LogP contribution in [0.3, 0.4) is 0 Å². The first-order valence-corrected chi connectivity index (χ1v) is 11.1. The SMILES string of the molecule is C[C@@H]1[C@H](C)CCC[C@@H]1NC(=O)[C@@H]1c2ccccc2C(=O)N(C)[C@H]1c1cccs1. The van der Waals surface area contributed by atoms with E-state index in [0.29, 0.717) is 17.4 Å². The topological polar surface area (TPSA) is 49.4 Å². The van der Waals surface area contributed by atoms with Crippen LogP contribution in [0.5, 0.6) is 0 Å². The maximum absolute atomic E-state index is 13.6. The van der Waals surface area contributed by atoms with Gasteiger partial charge in [-0.15, -0.1) is 11.3 Å². The van der Waals surface area contributed by atoms with Crippen molar-refractivity contribution in [2.75, 3.05) is 7.05 Å². The van der Waals surface area contributed by atoms with Crippen molar-refractivity contribution in [3.63, 3.8) is 0 Å². The zero-order valence-corrected chi connectivity index (χ0v) is 17.5. The highest BCUT2D eigenvalue weighted by Crippen LogP contribution is 2.43. The highest BCUT2D eigenvalue weighted by Gasteiger charge is 2.44. The van der Waals surface area contributed by atoms with Gasteiger partial charge in [-0.25, -0.2) is 0 Å². The van der Waals surface area contributed by atoms with E-state index in [1.165, 1.54) is 6.42 Å². The molecule has 0 unspecified atom stereocenters. The average molecular weight is 397 g/mol. The van der Waals surface area contributed by atoms with Gasteiger partial charge in [-0.1, -0.05) is 51.0 Å². The van der Waals surface area contributed by atoms with Gasteiger partial charge in [0.1, 0.15) is 0 Å². The van der Waals surface area contributed by atoms with Crippen molar-refractivity contribution in [1.82, 2.24) is 10.2 Å². The molecule has 1 saturated carbocycles. The van der Waals surface area contributed by atoms with E-state index in [9.17, 15) is 9.59 Å². The smallest absolute Gasteiger partial charge is 0.254 e. The van der Waals surface area contributed by atoms with Gasteiger partial charge in [0.2, 0.25) is 5.91 Å². The van der Waals surface area contributed by atoms with Gasteiger partial charge in [0.25, 0.3) is 5.91 Å². The van der Waals surface area contributed by atoms with Crippen LogP contribution in [0.1, 0.15) is 65.9 Å². The van der Waals surface area contributed by atoms with Crippen molar-refractivity contribution in [2.24, 2.45) is 11.8 Å². The summed E-state index contributed by atoms with van der Waals surface area (Å²) >= 11 is 1.60. The largest absolute Gasteiger partial charge is 0.352 e.